The summed E-state index contributed by atoms with van der Waals surface area (Å²) in [6, 6.07) is 12.0. The maximum Gasteiger partial charge on any atom is 0.316 e. The number of hydrogen-bond donors (Lipinski definition) is 1. The smallest absolute Gasteiger partial charge is 0.316 e. The predicted molar refractivity (Wildman–Crippen MR) is 125 cm³/mol. The lowest BCUT2D eigenvalue weighted by Crippen LogP contribution is -2.26. The number of carbonyl (C=O) groups excluding carboxylic acids is 1. The van der Waals surface area contributed by atoms with Crippen molar-refractivity contribution in [3.63, 3.8) is 0 Å². The van der Waals surface area contributed by atoms with Crippen molar-refractivity contribution in [2.24, 2.45) is 5.92 Å². The number of halogens is 1. The standard InChI is InChI=1S/C26H22FN5O3/c27-21-8-7-16(10-22-18-3-1-2-4-19(18)24(33)31-30-22)9-20(21)25(34)32-12-17-11-28-26(29-23(17)13-32)35-14-15-5-6-15/h1-4,7-9,11,15H,5-6,10,12-14H2,(H,31,33). The van der Waals surface area contributed by atoms with Crippen molar-refractivity contribution in [1.82, 2.24) is 25.1 Å². The first-order valence-corrected chi connectivity index (χ1v) is 11.6. The molecule has 2 aromatic heterocycles. The van der Waals surface area contributed by atoms with Crippen LogP contribution in [0.2, 0.25) is 0 Å². The summed E-state index contributed by atoms with van der Waals surface area (Å²) in [7, 11) is 0. The second kappa shape index (κ2) is 8.57. The molecule has 1 aliphatic heterocycles. The van der Waals surface area contributed by atoms with Gasteiger partial charge in [0.2, 0.25) is 0 Å². The van der Waals surface area contributed by atoms with Crippen molar-refractivity contribution in [1.29, 1.82) is 0 Å². The Morgan fingerprint density at radius 1 is 1.14 bits per heavy atom. The van der Waals surface area contributed by atoms with E-state index in [9.17, 15) is 14.0 Å². The van der Waals surface area contributed by atoms with E-state index in [0.717, 1.165) is 16.6 Å². The van der Waals surface area contributed by atoms with E-state index in [4.69, 9.17) is 4.74 Å². The molecule has 9 heteroatoms. The highest BCUT2D eigenvalue weighted by atomic mass is 19.1. The van der Waals surface area contributed by atoms with Crippen molar-refractivity contribution >= 4 is 16.7 Å². The molecule has 0 spiro atoms. The Morgan fingerprint density at radius 2 is 1.97 bits per heavy atom. The molecule has 1 aliphatic carbocycles. The van der Waals surface area contributed by atoms with Gasteiger partial charge in [0.05, 0.1) is 35.5 Å². The van der Waals surface area contributed by atoms with Crippen LogP contribution >= 0.6 is 0 Å². The van der Waals surface area contributed by atoms with Gasteiger partial charge in [0.25, 0.3) is 11.5 Å². The van der Waals surface area contributed by atoms with Gasteiger partial charge in [-0.05, 0) is 42.5 Å². The monoisotopic (exact) mass is 471 g/mol. The van der Waals surface area contributed by atoms with E-state index in [1.54, 1.807) is 35.4 Å². The summed E-state index contributed by atoms with van der Waals surface area (Å²) in [5, 5.41) is 7.96. The predicted octanol–water partition coefficient (Wildman–Crippen LogP) is 3.39. The number of amides is 1. The van der Waals surface area contributed by atoms with Gasteiger partial charge in [-0.1, -0.05) is 24.3 Å². The number of nitrogens with zero attached hydrogens (tertiary/aromatic N) is 4. The zero-order valence-electron chi connectivity index (χ0n) is 18.8. The number of H-pyrrole nitrogens is 1. The van der Waals surface area contributed by atoms with E-state index >= 15 is 0 Å². The maximum absolute atomic E-state index is 14.7. The molecule has 1 fully saturated rings. The van der Waals surface area contributed by atoms with E-state index in [1.165, 1.54) is 18.9 Å². The average molecular weight is 471 g/mol. The molecule has 0 atom stereocenters. The number of hydrogen-bond acceptors (Lipinski definition) is 6. The molecule has 0 bridgehead atoms. The van der Waals surface area contributed by atoms with Gasteiger partial charge in [0.1, 0.15) is 5.82 Å². The van der Waals surface area contributed by atoms with E-state index in [0.29, 0.717) is 48.1 Å². The molecule has 0 radical (unpaired) electrons. The van der Waals surface area contributed by atoms with Crippen LogP contribution in [0.25, 0.3) is 10.8 Å². The highest BCUT2D eigenvalue weighted by molar-refractivity contribution is 5.95. The van der Waals surface area contributed by atoms with E-state index in [-0.39, 0.29) is 17.7 Å². The van der Waals surface area contributed by atoms with Gasteiger partial charge in [-0.15, -0.1) is 0 Å². The summed E-state index contributed by atoms with van der Waals surface area (Å²) < 4.78 is 20.4. The molecule has 35 heavy (non-hydrogen) atoms. The Morgan fingerprint density at radius 3 is 2.80 bits per heavy atom. The van der Waals surface area contributed by atoms with Gasteiger partial charge >= 0.3 is 6.01 Å². The van der Waals surface area contributed by atoms with Crippen LogP contribution in [0.5, 0.6) is 6.01 Å². The van der Waals surface area contributed by atoms with Crippen LogP contribution < -0.4 is 10.3 Å². The summed E-state index contributed by atoms with van der Waals surface area (Å²) >= 11 is 0. The van der Waals surface area contributed by atoms with Gasteiger partial charge < -0.3 is 9.64 Å². The SMILES string of the molecule is O=C(c1cc(Cc2n[nH]c(=O)c3ccccc23)ccc1F)N1Cc2cnc(OCC3CC3)nc2C1. The minimum atomic E-state index is -0.589. The molecule has 0 saturated heterocycles. The second-order valence-electron chi connectivity index (χ2n) is 9.08. The molecule has 8 nitrogen and oxygen atoms in total. The number of ether oxygens (including phenoxy) is 1. The van der Waals surface area contributed by atoms with Gasteiger partial charge in [-0.3, -0.25) is 9.59 Å². The highest BCUT2D eigenvalue weighted by Gasteiger charge is 2.29. The van der Waals surface area contributed by atoms with Crippen molar-refractivity contribution < 1.29 is 13.9 Å². The second-order valence-corrected chi connectivity index (χ2v) is 9.08. The molecule has 6 rings (SSSR count). The maximum atomic E-state index is 14.7. The van der Waals surface area contributed by atoms with Crippen LogP contribution in [0.15, 0.2) is 53.5 Å². The minimum Gasteiger partial charge on any atom is -0.463 e. The Balaban J connectivity index is 1.22. The van der Waals surface area contributed by atoms with Crippen LogP contribution in [-0.4, -0.2) is 37.6 Å². The fraction of sp³-hybridized carbons (Fsp3) is 0.269. The third-order valence-electron chi connectivity index (χ3n) is 6.47. The summed E-state index contributed by atoms with van der Waals surface area (Å²) in [5.74, 6) is -0.417. The van der Waals surface area contributed by atoms with E-state index < -0.39 is 11.7 Å². The third kappa shape index (κ3) is 4.25. The van der Waals surface area contributed by atoms with Gasteiger partial charge in [-0.25, -0.2) is 14.5 Å². The zero-order chi connectivity index (χ0) is 23.9. The Labute approximate surface area is 199 Å². The third-order valence-corrected chi connectivity index (χ3v) is 6.47. The Bertz CT molecular complexity index is 1510. The number of aromatic amines is 1. The van der Waals surface area contributed by atoms with Gasteiger partial charge in [0.15, 0.2) is 0 Å². The summed E-state index contributed by atoms with van der Waals surface area (Å²) in [5.41, 5.74) is 2.64. The minimum absolute atomic E-state index is 0.0118. The largest absolute Gasteiger partial charge is 0.463 e. The van der Waals surface area contributed by atoms with Crippen molar-refractivity contribution in [3.05, 3.63) is 92.9 Å². The van der Waals surface area contributed by atoms with Crippen molar-refractivity contribution in [2.45, 2.75) is 32.4 Å². The number of carbonyl (C=O) groups is 1. The molecule has 1 amide bonds. The lowest BCUT2D eigenvalue weighted by atomic mass is 10.0. The van der Waals surface area contributed by atoms with E-state index in [1.807, 2.05) is 12.1 Å². The molecule has 2 aliphatic rings. The van der Waals surface area contributed by atoms with Gasteiger partial charge in [-0.2, -0.15) is 10.1 Å². The fourth-order valence-electron chi connectivity index (χ4n) is 4.34. The first-order valence-electron chi connectivity index (χ1n) is 11.6. The quantitative estimate of drug-likeness (QED) is 0.463. The van der Waals surface area contributed by atoms with Crippen LogP contribution in [0, 0.1) is 11.7 Å². The summed E-state index contributed by atoms with van der Waals surface area (Å²) in [6.45, 7) is 1.19. The number of benzene rings is 2. The Hall–Kier alpha value is -4.14. The molecular weight excluding hydrogens is 449 g/mol. The molecule has 1 saturated carbocycles. The van der Waals surface area contributed by atoms with Crippen LogP contribution in [0.1, 0.15) is 45.7 Å². The van der Waals surface area contributed by atoms with Crippen molar-refractivity contribution in [3.8, 4) is 6.01 Å². The van der Waals surface area contributed by atoms with E-state index in [2.05, 4.69) is 20.2 Å². The summed E-state index contributed by atoms with van der Waals surface area (Å²) in [6.07, 6.45) is 4.36. The lowest BCUT2D eigenvalue weighted by molar-refractivity contribution is 0.0745. The van der Waals surface area contributed by atoms with Crippen LogP contribution in [0.4, 0.5) is 4.39 Å². The molecule has 176 valence electrons. The van der Waals surface area contributed by atoms with Crippen molar-refractivity contribution in [2.75, 3.05) is 6.61 Å². The number of rotatable bonds is 6. The molecule has 1 N–H and O–H groups in total. The topological polar surface area (TPSA) is 101 Å². The molecule has 0 unspecified atom stereocenters. The Kier molecular flexibility index (Phi) is 5.24. The first kappa shape index (κ1) is 21.4. The van der Waals surface area contributed by atoms with Crippen LogP contribution in [-0.2, 0) is 19.5 Å². The average Bonchev–Trinajstić information content (AvgIpc) is 3.61. The fourth-order valence-corrected chi connectivity index (χ4v) is 4.34. The number of fused-ring (bicyclic) bond motifs is 2. The normalized spacial score (nSPS) is 14.8. The molecule has 4 aromatic rings. The van der Waals surface area contributed by atoms with Crippen LogP contribution in [0.3, 0.4) is 0 Å². The summed E-state index contributed by atoms with van der Waals surface area (Å²) in [4.78, 5) is 35.6. The lowest BCUT2D eigenvalue weighted by Gasteiger charge is -2.16. The first-order chi connectivity index (χ1) is 17.0. The molecule has 3 heterocycles. The molecular formula is C26H22FN5O3. The number of aromatic nitrogens is 4. The zero-order valence-corrected chi connectivity index (χ0v) is 18.8. The number of nitrogens with one attached hydrogen (secondary N) is 1. The van der Waals surface area contributed by atoms with Gasteiger partial charge in [0, 0.05) is 30.1 Å². The highest BCUT2D eigenvalue weighted by Crippen LogP contribution is 2.30. The molecule has 2 aromatic carbocycles.